The van der Waals surface area contributed by atoms with Gasteiger partial charge in [0.05, 0.1) is 6.04 Å². The Bertz CT molecular complexity index is 857. The molecule has 0 bridgehead atoms. The van der Waals surface area contributed by atoms with Gasteiger partial charge < -0.3 is 0 Å². The fourth-order valence-electron chi connectivity index (χ4n) is 3.65. The molecule has 0 spiro atoms. The number of hydrogen-bond donors (Lipinski definition) is 0. The monoisotopic (exact) mass is 407 g/mol. The molecule has 2 atom stereocenters. The lowest BCUT2D eigenvalue weighted by Gasteiger charge is -2.33. The van der Waals surface area contributed by atoms with Gasteiger partial charge in [-0.05, 0) is 29.7 Å². The van der Waals surface area contributed by atoms with E-state index in [1.165, 1.54) is 4.31 Å². The van der Waals surface area contributed by atoms with Gasteiger partial charge in [0.15, 0.2) is 0 Å². The van der Waals surface area contributed by atoms with Crippen LogP contribution in [0.3, 0.4) is 0 Å². The van der Waals surface area contributed by atoms with Crippen molar-refractivity contribution in [1.82, 2.24) is 13.7 Å². The highest BCUT2D eigenvalue weighted by Crippen LogP contribution is 2.45. The molecule has 5 nitrogen and oxygen atoms in total. The summed E-state index contributed by atoms with van der Waals surface area (Å²) in [6.45, 7) is 3.40. The summed E-state index contributed by atoms with van der Waals surface area (Å²) in [7, 11) is -0.482. The molecule has 1 saturated heterocycles. The third-order valence-corrected chi connectivity index (χ3v) is 7.03. The van der Waals surface area contributed by atoms with Crippen LogP contribution in [0.25, 0.3) is 0 Å². The van der Waals surface area contributed by atoms with Gasteiger partial charge in [0.25, 0.3) is 10.2 Å². The molecule has 2 aromatic rings. The van der Waals surface area contributed by atoms with Gasteiger partial charge in [-0.3, -0.25) is 0 Å². The van der Waals surface area contributed by atoms with Crippen LogP contribution in [0.2, 0.25) is 5.02 Å². The first kappa shape index (κ1) is 20.3. The Morgan fingerprint density at radius 1 is 1.04 bits per heavy atom. The van der Waals surface area contributed by atoms with Crippen LogP contribution >= 0.6 is 11.6 Å². The Kier molecular flexibility index (Phi) is 6.23. The zero-order valence-corrected chi connectivity index (χ0v) is 17.5. The Labute approximate surface area is 167 Å². The van der Waals surface area contributed by atoms with Crippen LogP contribution < -0.4 is 0 Å². The minimum Gasteiger partial charge on any atom is -0.226 e. The molecule has 146 valence electrons. The summed E-state index contributed by atoms with van der Waals surface area (Å²) < 4.78 is 29.3. The maximum atomic E-state index is 13.2. The summed E-state index contributed by atoms with van der Waals surface area (Å²) in [5.41, 5.74) is 2.08. The van der Waals surface area contributed by atoms with Crippen molar-refractivity contribution >= 4 is 21.8 Å². The molecule has 7 heteroatoms. The lowest BCUT2D eigenvalue weighted by atomic mass is 9.89. The van der Waals surface area contributed by atoms with Gasteiger partial charge in [0.1, 0.15) is 0 Å². The number of hydrogen-bond acceptors (Lipinski definition) is 3. The summed E-state index contributed by atoms with van der Waals surface area (Å²) in [5, 5.41) is 2.60. The highest BCUT2D eigenvalue weighted by atomic mass is 35.5. The highest BCUT2D eigenvalue weighted by molar-refractivity contribution is 7.86. The first-order valence-electron chi connectivity index (χ1n) is 9.13. The molecule has 1 aliphatic rings. The van der Waals surface area contributed by atoms with E-state index in [1.807, 2.05) is 47.5 Å². The molecule has 2 aromatic carbocycles. The summed E-state index contributed by atoms with van der Waals surface area (Å²) in [4.78, 5) is 0. The lowest BCUT2D eigenvalue weighted by Crippen LogP contribution is -2.47. The minimum atomic E-state index is -3.64. The van der Waals surface area contributed by atoms with Crippen LogP contribution in [0, 0.1) is 0 Å². The van der Waals surface area contributed by atoms with Crippen molar-refractivity contribution < 1.29 is 8.42 Å². The second-order valence-corrected chi connectivity index (χ2v) is 9.43. The first-order valence-corrected chi connectivity index (χ1v) is 10.9. The maximum absolute atomic E-state index is 13.2. The van der Waals surface area contributed by atoms with Crippen LogP contribution in [0.1, 0.15) is 36.4 Å². The van der Waals surface area contributed by atoms with Crippen molar-refractivity contribution in [2.45, 2.75) is 25.3 Å². The summed E-state index contributed by atoms with van der Waals surface area (Å²) in [5.74, 6) is 0.0358. The van der Waals surface area contributed by atoms with Gasteiger partial charge in [0, 0.05) is 38.1 Å². The lowest BCUT2D eigenvalue weighted by molar-refractivity contribution is 0.0839. The number of halogens is 1. The highest BCUT2D eigenvalue weighted by Gasteiger charge is 2.48. The Hall–Kier alpha value is -1.44. The molecule has 0 N–H and O–H groups in total. The van der Waals surface area contributed by atoms with Gasteiger partial charge >= 0.3 is 0 Å². The second kappa shape index (κ2) is 8.29. The molecule has 1 heterocycles. The molecule has 1 fully saturated rings. The van der Waals surface area contributed by atoms with E-state index in [-0.39, 0.29) is 12.0 Å². The van der Waals surface area contributed by atoms with Gasteiger partial charge in [-0.15, -0.1) is 4.41 Å². The summed E-state index contributed by atoms with van der Waals surface area (Å²) in [6.07, 6.45) is 0.869. The molecule has 0 aromatic heterocycles. The van der Waals surface area contributed by atoms with Crippen molar-refractivity contribution in [1.29, 1.82) is 0 Å². The zero-order chi connectivity index (χ0) is 19.6. The van der Waals surface area contributed by atoms with E-state index in [1.54, 1.807) is 18.5 Å². The standard InChI is InChI=1S/C20H26ClN3O2S/c1-4-14-23-15-19(16-8-6-5-7-9-16)20(17-10-12-18(21)13-11-17)24(23)27(25,26)22(2)3/h5-13,19-20H,4,14-15H2,1-3H3. The fraction of sp³-hybridized carbons (Fsp3) is 0.400. The molecule has 0 radical (unpaired) electrons. The third kappa shape index (κ3) is 4.05. The average Bonchev–Trinajstić information content (AvgIpc) is 3.03. The number of nitrogens with zero attached hydrogens (tertiary/aromatic N) is 3. The van der Waals surface area contributed by atoms with E-state index in [0.29, 0.717) is 18.1 Å². The van der Waals surface area contributed by atoms with Gasteiger partial charge in [-0.1, -0.05) is 61.0 Å². The number of benzene rings is 2. The summed E-state index contributed by atoms with van der Waals surface area (Å²) >= 11 is 6.08. The van der Waals surface area contributed by atoms with E-state index in [0.717, 1.165) is 17.5 Å². The number of rotatable bonds is 6. The topological polar surface area (TPSA) is 43.9 Å². The molecular weight excluding hydrogens is 382 g/mol. The van der Waals surface area contributed by atoms with Gasteiger partial charge in [-0.2, -0.15) is 12.7 Å². The van der Waals surface area contributed by atoms with Gasteiger partial charge in [-0.25, -0.2) is 5.01 Å². The molecule has 1 aliphatic heterocycles. The molecule has 0 aliphatic carbocycles. The largest absolute Gasteiger partial charge is 0.295 e. The van der Waals surface area contributed by atoms with Crippen molar-refractivity contribution in [3.63, 3.8) is 0 Å². The van der Waals surface area contributed by atoms with Crippen LogP contribution in [0.4, 0.5) is 0 Å². The second-order valence-electron chi connectivity index (χ2n) is 6.99. The molecule has 0 saturated carbocycles. The predicted molar refractivity (Wildman–Crippen MR) is 110 cm³/mol. The number of hydrazine groups is 1. The smallest absolute Gasteiger partial charge is 0.226 e. The Morgan fingerprint density at radius 2 is 1.67 bits per heavy atom. The normalized spacial score (nSPS) is 21.8. The van der Waals surface area contributed by atoms with Crippen LogP contribution in [-0.4, -0.2) is 49.3 Å². The van der Waals surface area contributed by atoms with Crippen LogP contribution in [0.5, 0.6) is 0 Å². The molecule has 3 rings (SSSR count). The molecule has 0 amide bonds. The molecular formula is C20H26ClN3O2S. The van der Waals surface area contributed by atoms with Crippen LogP contribution in [0.15, 0.2) is 54.6 Å². The maximum Gasteiger partial charge on any atom is 0.295 e. The van der Waals surface area contributed by atoms with E-state index >= 15 is 0 Å². The van der Waals surface area contributed by atoms with Crippen molar-refractivity contribution in [2.75, 3.05) is 27.2 Å². The Morgan fingerprint density at radius 3 is 2.22 bits per heavy atom. The van der Waals surface area contributed by atoms with Crippen molar-refractivity contribution in [3.8, 4) is 0 Å². The van der Waals surface area contributed by atoms with Crippen molar-refractivity contribution in [2.24, 2.45) is 0 Å². The summed E-state index contributed by atoms with van der Waals surface area (Å²) in [6, 6.07) is 17.3. The van der Waals surface area contributed by atoms with E-state index in [4.69, 9.17) is 11.6 Å². The predicted octanol–water partition coefficient (Wildman–Crippen LogP) is 3.91. The van der Waals surface area contributed by atoms with Crippen LogP contribution in [-0.2, 0) is 10.2 Å². The minimum absolute atomic E-state index is 0.0358. The van der Waals surface area contributed by atoms with Gasteiger partial charge in [0.2, 0.25) is 0 Å². The average molecular weight is 408 g/mol. The van der Waals surface area contributed by atoms with E-state index in [2.05, 4.69) is 19.1 Å². The van der Waals surface area contributed by atoms with E-state index < -0.39 is 10.2 Å². The molecule has 27 heavy (non-hydrogen) atoms. The molecule has 2 unspecified atom stereocenters. The third-order valence-electron chi connectivity index (χ3n) is 4.92. The Balaban J connectivity index is 2.15. The quantitative estimate of drug-likeness (QED) is 0.729. The fourth-order valence-corrected chi connectivity index (χ4v) is 5.11. The first-order chi connectivity index (χ1) is 12.9. The SMILES string of the molecule is CCCN1CC(c2ccccc2)C(c2ccc(Cl)cc2)N1S(=O)(=O)N(C)C. The zero-order valence-electron chi connectivity index (χ0n) is 15.9. The van der Waals surface area contributed by atoms with Crippen molar-refractivity contribution in [3.05, 3.63) is 70.7 Å². The van der Waals surface area contributed by atoms with E-state index in [9.17, 15) is 8.42 Å².